The monoisotopic (exact) mass is 406 g/mol. The average molecular weight is 407 g/mol. The number of thiazole rings is 1. The van der Waals surface area contributed by atoms with Crippen LogP contribution in [0.2, 0.25) is 0 Å². The average Bonchev–Trinajstić information content (AvgIpc) is 3.16. The van der Waals surface area contributed by atoms with Crippen molar-refractivity contribution in [3.05, 3.63) is 64.5 Å². The van der Waals surface area contributed by atoms with Gasteiger partial charge in [0.15, 0.2) is 10.9 Å². The molecular weight excluding hydrogens is 384 g/mol. The maximum absolute atomic E-state index is 12.3. The molecule has 1 aliphatic rings. The Bertz CT molecular complexity index is 1040. The highest BCUT2D eigenvalue weighted by Crippen LogP contribution is 2.37. The van der Waals surface area contributed by atoms with Crippen molar-refractivity contribution < 1.29 is 14.3 Å². The van der Waals surface area contributed by atoms with Crippen LogP contribution >= 0.6 is 11.3 Å². The number of hydrogen-bond acceptors (Lipinski definition) is 5. The lowest BCUT2D eigenvalue weighted by Crippen LogP contribution is -2.13. The first-order valence-electron chi connectivity index (χ1n) is 9.78. The molecule has 29 heavy (non-hydrogen) atoms. The zero-order valence-electron chi connectivity index (χ0n) is 16.2. The zero-order chi connectivity index (χ0) is 20.2. The minimum absolute atomic E-state index is 0.0597. The molecule has 0 spiro atoms. The van der Waals surface area contributed by atoms with E-state index >= 15 is 0 Å². The predicted octanol–water partition coefficient (Wildman–Crippen LogP) is 4.91. The van der Waals surface area contributed by atoms with Crippen LogP contribution in [0, 0.1) is 0 Å². The Balaban J connectivity index is 1.35. The second-order valence-corrected chi connectivity index (χ2v) is 7.96. The molecule has 4 rings (SSSR count). The number of anilines is 1. The van der Waals surface area contributed by atoms with Crippen LogP contribution in [0.4, 0.5) is 5.13 Å². The Morgan fingerprint density at radius 3 is 2.66 bits per heavy atom. The summed E-state index contributed by atoms with van der Waals surface area (Å²) in [6.45, 7) is 2.49. The van der Waals surface area contributed by atoms with Crippen molar-refractivity contribution in [3.63, 3.8) is 0 Å². The number of hydrogen-bond donors (Lipinski definition) is 1. The first-order valence-corrected chi connectivity index (χ1v) is 10.6. The molecule has 6 heteroatoms. The summed E-state index contributed by atoms with van der Waals surface area (Å²) in [4.78, 5) is 30.5. The predicted molar refractivity (Wildman–Crippen MR) is 115 cm³/mol. The van der Waals surface area contributed by atoms with Crippen molar-refractivity contribution in [2.45, 2.75) is 32.6 Å². The van der Waals surface area contributed by atoms with E-state index in [0.29, 0.717) is 17.3 Å². The fourth-order valence-corrected chi connectivity index (χ4v) is 4.45. The number of nitrogens with zero attached hydrogens (tertiary/aromatic N) is 1. The topological polar surface area (TPSA) is 68.3 Å². The van der Waals surface area contributed by atoms with Gasteiger partial charge >= 0.3 is 0 Å². The SMILES string of the molecule is CCOc1ccc(C(=O)CCC(=O)Nc2nc3c(s2)CCc2ccccc2-3)cc1. The van der Waals surface area contributed by atoms with E-state index in [0.717, 1.165) is 29.8 Å². The highest BCUT2D eigenvalue weighted by molar-refractivity contribution is 7.16. The molecule has 0 saturated carbocycles. The van der Waals surface area contributed by atoms with Gasteiger partial charge in [-0.05, 0) is 49.6 Å². The number of aryl methyl sites for hydroxylation is 2. The lowest BCUT2D eigenvalue weighted by molar-refractivity contribution is -0.116. The molecule has 3 aromatic rings. The molecule has 5 nitrogen and oxygen atoms in total. The van der Waals surface area contributed by atoms with E-state index in [9.17, 15) is 9.59 Å². The molecule has 0 atom stereocenters. The van der Waals surface area contributed by atoms with Gasteiger partial charge in [0.25, 0.3) is 0 Å². The smallest absolute Gasteiger partial charge is 0.226 e. The minimum atomic E-state index is -0.191. The molecular formula is C23H22N2O3S. The van der Waals surface area contributed by atoms with Crippen LogP contribution in [-0.4, -0.2) is 23.3 Å². The van der Waals surface area contributed by atoms with Crippen molar-refractivity contribution in [3.8, 4) is 17.0 Å². The maximum atomic E-state index is 12.3. The second-order valence-electron chi connectivity index (χ2n) is 6.88. The van der Waals surface area contributed by atoms with E-state index in [1.54, 1.807) is 24.3 Å². The number of rotatable bonds is 7. The molecule has 1 N–H and O–H groups in total. The zero-order valence-corrected chi connectivity index (χ0v) is 17.1. The van der Waals surface area contributed by atoms with Crippen molar-refractivity contribution in [2.75, 3.05) is 11.9 Å². The highest BCUT2D eigenvalue weighted by atomic mass is 32.1. The Kier molecular flexibility index (Phi) is 5.71. The van der Waals surface area contributed by atoms with E-state index in [4.69, 9.17) is 4.74 Å². The Labute approximate surface area is 173 Å². The summed E-state index contributed by atoms with van der Waals surface area (Å²) in [6, 6.07) is 15.3. The number of ketones is 1. The summed E-state index contributed by atoms with van der Waals surface area (Å²) in [6.07, 6.45) is 2.23. The van der Waals surface area contributed by atoms with Crippen molar-refractivity contribution >= 4 is 28.2 Å². The third-order valence-corrected chi connectivity index (χ3v) is 5.93. The van der Waals surface area contributed by atoms with Gasteiger partial charge in [-0.15, -0.1) is 11.3 Å². The maximum Gasteiger partial charge on any atom is 0.226 e. The number of carbonyl (C=O) groups is 2. The first-order chi connectivity index (χ1) is 14.1. The van der Waals surface area contributed by atoms with E-state index in [1.807, 2.05) is 19.1 Å². The fraction of sp³-hybridized carbons (Fsp3) is 0.261. The number of aromatic nitrogens is 1. The van der Waals surface area contributed by atoms with Gasteiger partial charge < -0.3 is 10.1 Å². The molecule has 2 aromatic carbocycles. The number of carbonyl (C=O) groups excluding carboxylic acids is 2. The number of benzene rings is 2. The van der Waals surface area contributed by atoms with Crippen LogP contribution in [0.15, 0.2) is 48.5 Å². The van der Waals surface area contributed by atoms with Crippen molar-refractivity contribution in [1.82, 2.24) is 4.98 Å². The molecule has 0 saturated heterocycles. The Morgan fingerprint density at radius 1 is 1.07 bits per heavy atom. The third kappa shape index (κ3) is 4.38. The van der Waals surface area contributed by atoms with Crippen LogP contribution in [0.5, 0.6) is 5.75 Å². The molecule has 0 fully saturated rings. The Morgan fingerprint density at radius 2 is 1.86 bits per heavy atom. The summed E-state index contributed by atoms with van der Waals surface area (Å²) in [7, 11) is 0. The van der Waals surface area contributed by atoms with Crippen LogP contribution in [0.3, 0.4) is 0 Å². The molecule has 148 valence electrons. The Hall–Kier alpha value is -2.99. The molecule has 0 aliphatic heterocycles. The summed E-state index contributed by atoms with van der Waals surface area (Å²) in [5.74, 6) is 0.482. The summed E-state index contributed by atoms with van der Waals surface area (Å²) in [5.41, 5.74) is 4.00. The molecule has 1 aromatic heterocycles. The molecule has 0 radical (unpaired) electrons. The summed E-state index contributed by atoms with van der Waals surface area (Å²) < 4.78 is 5.38. The lowest BCUT2D eigenvalue weighted by atomic mass is 9.94. The van der Waals surface area contributed by atoms with Crippen LogP contribution in [-0.2, 0) is 17.6 Å². The summed E-state index contributed by atoms with van der Waals surface area (Å²) >= 11 is 1.52. The minimum Gasteiger partial charge on any atom is -0.494 e. The van der Waals surface area contributed by atoms with Gasteiger partial charge in [0, 0.05) is 28.8 Å². The standard InChI is InChI=1S/C23H22N2O3S/c1-2-28-17-10-7-16(8-11-17)19(26)12-14-21(27)24-23-25-22-18-6-4-3-5-15(18)9-13-20(22)29-23/h3-8,10-11H,2,9,12-14H2,1H3,(H,24,25,27). The highest BCUT2D eigenvalue weighted by Gasteiger charge is 2.21. The largest absolute Gasteiger partial charge is 0.494 e. The number of nitrogens with one attached hydrogen (secondary N) is 1. The quantitative estimate of drug-likeness (QED) is 0.566. The number of fused-ring (bicyclic) bond motifs is 3. The van der Waals surface area contributed by atoms with E-state index in [-0.39, 0.29) is 24.5 Å². The summed E-state index contributed by atoms with van der Waals surface area (Å²) in [5, 5.41) is 3.46. The van der Waals surface area contributed by atoms with Gasteiger partial charge in [-0.2, -0.15) is 0 Å². The molecule has 1 heterocycles. The molecule has 1 aliphatic carbocycles. The van der Waals surface area contributed by atoms with E-state index in [2.05, 4.69) is 22.4 Å². The van der Waals surface area contributed by atoms with Crippen LogP contribution < -0.4 is 10.1 Å². The van der Waals surface area contributed by atoms with Gasteiger partial charge in [-0.25, -0.2) is 4.98 Å². The third-order valence-electron chi connectivity index (χ3n) is 4.90. The lowest BCUT2D eigenvalue weighted by Gasteiger charge is -2.13. The van der Waals surface area contributed by atoms with Gasteiger partial charge in [-0.1, -0.05) is 24.3 Å². The molecule has 1 amide bonds. The normalized spacial score (nSPS) is 12.0. The van der Waals surface area contributed by atoms with Gasteiger partial charge in [0.05, 0.1) is 12.3 Å². The molecule has 0 unspecified atom stereocenters. The number of Topliss-reactive ketones (excluding diaryl/α,β-unsaturated/α-hetero) is 1. The number of ether oxygens (including phenoxy) is 1. The van der Waals surface area contributed by atoms with Gasteiger partial charge in [-0.3, -0.25) is 9.59 Å². The van der Waals surface area contributed by atoms with Crippen molar-refractivity contribution in [2.24, 2.45) is 0 Å². The first kappa shape index (κ1) is 19.3. The van der Waals surface area contributed by atoms with Crippen LogP contribution in [0.1, 0.15) is 40.6 Å². The van der Waals surface area contributed by atoms with Crippen LogP contribution in [0.25, 0.3) is 11.3 Å². The van der Waals surface area contributed by atoms with E-state index in [1.165, 1.54) is 21.8 Å². The molecule has 0 bridgehead atoms. The number of amides is 1. The second kappa shape index (κ2) is 8.57. The van der Waals surface area contributed by atoms with E-state index < -0.39 is 0 Å². The van der Waals surface area contributed by atoms with Gasteiger partial charge in [0.1, 0.15) is 5.75 Å². The van der Waals surface area contributed by atoms with Gasteiger partial charge in [0.2, 0.25) is 5.91 Å². The van der Waals surface area contributed by atoms with Crippen molar-refractivity contribution in [1.29, 1.82) is 0 Å². The fourth-order valence-electron chi connectivity index (χ4n) is 3.46.